The summed E-state index contributed by atoms with van der Waals surface area (Å²) in [7, 11) is 0. The van der Waals surface area contributed by atoms with E-state index in [2.05, 4.69) is 91.0 Å². The fraction of sp³-hybridized carbons (Fsp3) is 0.0323. The lowest BCUT2D eigenvalue weighted by molar-refractivity contribution is 1.08. The van der Waals surface area contributed by atoms with E-state index in [1.54, 1.807) is 0 Å². The molecule has 154 valence electrons. The van der Waals surface area contributed by atoms with Crippen LogP contribution in [-0.2, 0) is 0 Å². The van der Waals surface area contributed by atoms with E-state index in [9.17, 15) is 0 Å². The number of hydrogen-bond acceptors (Lipinski definition) is 2. The van der Waals surface area contributed by atoms with Crippen LogP contribution in [0.3, 0.4) is 0 Å². The van der Waals surface area contributed by atoms with Crippen molar-refractivity contribution in [3.8, 4) is 22.5 Å². The second-order valence-electron chi connectivity index (χ2n) is 8.56. The molecule has 2 aliphatic rings. The highest BCUT2D eigenvalue weighted by Gasteiger charge is 2.37. The number of pyridine rings is 2. The number of hydrogen-bond donors (Lipinski definition) is 0. The predicted molar refractivity (Wildman–Crippen MR) is 134 cm³/mol. The van der Waals surface area contributed by atoms with Crippen LogP contribution in [0.2, 0.25) is 0 Å². The van der Waals surface area contributed by atoms with Gasteiger partial charge in [0.1, 0.15) is 0 Å². The van der Waals surface area contributed by atoms with Crippen LogP contribution < -0.4 is 0 Å². The molecule has 2 heteroatoms. The molecule has 0 radical (unpaired) electrons. The maximum atomic E-state index is 4.76. The SMILES string of the molecule is c1ccc(C(=C2c3ccccc3-c3ccccc32)C2c3cccnc3-c3ncccc32)cc1. The van der Waals surface area contributed by atoms with Crippen LogP contribution in [0, 0.1) is 0 Å². The summed E-state index contributed by atoms with van der Waals surface area (Å²) in [5.74, 6) is 0.0639. The summed E-state index contributed by atoms with van der Waals surface area (Å²) >= 11 is 0. The van der Waals surface area contributed by atoms with Crippen molar-refractivity contribution in [1.82, 2.24) is 9.97 Å². The van der Waals surface area contributed by atoms with E-state index < -0.39 is 0 Å². The van der Waals surface area contributed by atoms with Crippen molar-refractivity contribution < 1.29 is 0 Å². The first-order chi connectivity index (χ1) is 16.4. The zero-order chi connectivity index (χ0) is 21.8. The molecule has 0 saturated heterocycles. The number of fused-ring (bicyclic) bond motifs is 6. The molecule has 0 saturated carbocycles. The van der Waals surface area contributed by atoms with Gasteiger partial charge in [0.2, 0.25) is 0 Å². The van der Waals surface area contributed by atoms with Gasteiger partial charge in [-0.25, -0.2) is 0 Å². The lowest BCUT2D eigenvalue weighted by Crippen LogP contribution is -2.04. The molecule has 33 heavy (non-hydrogen) atoms. The molecule has 2 nitrogen and oxygen atoms in total. The maximum Gasteiger partial charge on any atom is 0.0930 e. The number of benzene rings is 3. The standard InChI is InChI=1S/C31H20N2/c1-2-10-20(11-3-1)27(28-23-14-6-4-12-21(23)22-13-5-7-15-24(22)28)29-25-16-8-18-32-30(25)31-26(29)17-9-19-33-31/h1-19,29H. The summed E-state index contributed by atoms with van der Waals surface area (Å²) in [6.07, 6.45) is 3.74. The Kier molecular flexibility index (Phi) is 3.94. The van der Waals surface area contributed by atoms with Gasteiger partial charge in [-0.3, -0.25) is 9.97 Å². The second-order valence-corrected chi connectivity index (χ2v) is 8.56. The van der Waals surface area contributed by atoms with Crippen LogP contribution in [0.1, 0.15) is 33.7 Å². The van der Waals surface area contributed by atoms with E-state index in [4.69, 9.17) is 9.97 Å². The van der Waals surface area contributed by atoms with Gasteiger partial charge in [-0.2, -0.15) is 0 Å². The van der Waals surface area contributed by atoms with Gasteiger partial charge in [0.15, 0.2) is 0 Å². The van der Waals surface area contributed by atoms with Gasteiger partial charge in [0.05, 0.1) is 11.4 Å². The summed E-state index contributed by atoms with van der Waals surface area (Å²) in [6, 6.07) is 36.9. The lowest BCUT2D eigenvalue weighted by Gasteiger charge is -2.22. The predicted octanol–water partition coefficient (Wildman–Crippen LogP) is 7.23. The van der Waals surface area contributed by atoms with E-state index in [0.717, 1.165) is 11.4 Å². The Balaban J connectivity index is 1.64. The van der Waals surface area contributed by atoms with Crippen LogP contribution in [0.25, 0.3) is 33.7 Å². The molecule has 0 aliphatic heterocycles. The molecule has 3 aromatic carbocycles. The second kappa shape index (κ2) is 7.11. The Morgan fingerprint density at radius 3 is 1.52 bits per heavy atom. The van der Waals surface area contributed by atoms with E-state index in [1.807, 2.05) is 24.5 Å². The Morgan fingerprint density at radius 2 is 0.970 bits per heavy atom. The first-order valence-corrected chi connectivity index (χ1v) is 11.3. The minimum absolute atomic E-state index is 0.0639. The number of allylic oxidation sites excluding steroid dienone is 1. The third-order valence-corrected chi connectivity index (χ3v) is 6.85. The zero-order valence-corrected chi connectivity index (χ0v) is 17.9. The molecule has 2 aromatic heterocycles. The molecule has 0 bridgehead atoms. The molecule has 0 unspecified atom stereocenters. The van der Waals surface area contributed by atoms with Crippen molar-refractivity contribution in [1.29, 1.82) is 0 Å². The molecular weight excluding hydrogens is 400 g/mol. The Morgan fingerprint density at radius 1 is 0.485 bits per heavy atom. The molecule has 0 amide bonds. The summed E-state index contributed by atoms with van der Waals surface area (Å²) in [5, 5.41) is 0. The quantitative estimate of drug-likeness (QED) is 0.295. The van der Waals surface area contributed by atoms with Gasteiger partial charge in [0, 0.05) is 18.3 Å². The Labute approximate surface area is 192 Å². The highest BCUT2D eigenvalue weighted by molar-refractivity contribution is 6.12. The van der Waals surface area contributed by atoms with E-state index in [1.165, 1.54) is 50.1 Å². The summed E-state index contributed by atoms with van der Waals surface area (Å²) in [6.45, 7) is 0. The lowest BCUT2D eigenvalue weighted by atomic mass is 9.80. The largest absolute Gasteiger partial charge is 0.254 e. The van der Waals surface area contributed by atoms with Crippen molar-refractivity contribution in [3.05, 3.63) is 143 Å². The smallest absolute Gasteiger partial charge is 0.0930 e. The Bertz CT molecular complexity index is 1470. The minimum Gasteiger partial charge on any atom is -0.254 e. The van der Waals surface area contributed by atoms with Crippen LogP contribution >= 0.6 is 0 Å². The topological polar surface area (TPSA) is 25.8 Å². The first-order valence-electron chi connectivity index (χ1n) is 11.3. The van der Waals surface area contributed by atoms with Crippen molar-refractivity contribution in [2.24, 2.45) is 0 Å². The van der Waals surface area contributed by atoms with Crippen LogP contribution in [0.15, 0.2) is 116 Å². The average Bonchev–Trinajstić information content (AvgIpc) is 3.39. The molecule has 7 rings (SSSR count). The van der Waals surface area contributed by atoms with Crippen molar-refractivity contribution >= 4 is 11.1 Å². The van der Waals surface area contributed by atoms with E-state index in [0.29, 0.717) is 0 Å². The average molecular weight is 421 g/mol. The van der Waals surface area contributed by atoms with E-state index in [-0.39, 0.29) is 5.92 Å². The third-order valence-electron chi connectivity index (χ3n) is 6.85. The third kappa shape index (κ3) is 2.61. The molecule has 5 aromatic rings. The minimum atomic E-state index is 0.0639. The van der Waals surface area contributed by atoms with Crippen molar-refractivity contribution in [3.63, 3.8) is 0 Å². The van der Waals surface area contributed by atoms with Gasteiger partial charge in [0.25, 0.3) is 0 Å². The van der Waals surface area contributed by atoms with Crippen molar-refractivity contribution in [2.45, 2.75) is 5.92 Å². The summed E-state index contributed by atoms with van der Waals surface area (Å²) in [5.41, 5.74) is 13.5. The summed E-state index contributed by atoms with van der Waals surface area (Å²) in [4.78, 5) is 9.51. The maximum absolute atomic E-state index is 4.76. The van der Waals surface area contributed by atoms with Gasteiger partial charge >= 0.3 is 0 Å². The molecule has 0 fully saturated rings. The van der Waals surface area contributed by atoms with Crippen molar-refractivity contribution in [2.75, 3.05) is 0 Å². The molecule has 0 spiro atoms. The number of aromatic nitrogens is 2. The normalized spacial score (nSPS) is 13.3. The molecular formula is C31H20N2. The first kappa shape index (κ1) is 18.3. The highest BCUT2D eigenvalue weighted by Crippen LogP contribution is 2.55. The van der Waals surface area contributed by atoms with Crippen LogP contribution in [0.4, 0.5) is 0 Å². The van der Waals surface area contributed by atoms with Gasteiger partial charge in [-0.1, -0.05) is 91.0 Å². The molecule has 2 heterocycles. The molecule has 0 atom stereocenters. The monoisotopic (exact) mass is 420 g/mol. The molecule has 2 aliphatic carbocycles. The fourth-order valence-corrected chi connectivity index (χ4v) is 5.56. The number of nitrogens with zero attached hydrogens (tertiary/aromatic N) is 2. The number of rotatable bonds is 2. The zero-order valence-electron chi connectivity index (χ0n) is 17.9. The van der Waals surface area contributed by atoms with E-state index >= 15 is 0 Å². The molecule has 0 N–H and O–H groups in total. The Hall–Kier alpha value is -4.30. The fourth-order valence-electron chi connectivity index (χ4n) is 5.56. The van der Waals surface area contributed by atoms with Crippen LogP contribution in [-0.4, -0.2) is 9.97 Å². The van der Waals surface area contributed by atoms with Gasteiger partial charge in [-0.05, 0) is 62.2 Å². The van der Waals surface area contributed by atoms with Gasteiger partial charge in [-0.15, -0.1) is 0 Å². The van der Waals surface area contributed by atoms with Gasteiger partial charge < -0.3 is 0 Å². The highest BCUT2D eigenvalue weighted by atomic mass is 14.8. The van der Waals surface area contributed by atoms with Crippen LogP contribution in [0.5, 0.6) is 0 Å². The summed E-state index contributed by atoms with van der Waals surface area (Å²) < 4.78 is 0.